The summed E-state index contributed by atoms with van der Waals surface area (Å²) in [5.74, 6) is -0.158. The Morgan fingerprint density at radius 2 is 2.70 bits per heavy atom. The van der Waals surface area contributed by atoms with Gasteiger partial charge in [-0.25, -0.2) is 4.79 Å². The van der Waals surface area contributed by atoms with Gasteiger partial charge in [-0.2, -0.15) is 0 Å². The molecule has 0 aliphatic carbocycles. The monoisotopic (exact) mass is 160 g/mol. The van der Waals surface area contributed by atoms with E-state index in [9.17, 15) is 4.79 Å². The summed E-state index contributed by atoms with van der Waals surface area (Å²) in [4.78, 5) is 10.4. The molecule has 0 amide bonds. The highest BCUT2D eigenvalue weighted by Gasteiger charge is 2.24. The Kier molecular flexibility index (Phi) is 2.34. The number of hydrogen-bond acceptors (Lipinski definition) is 3. The highest BCUT2D eigenvalue weighted by molar-refractivity contribution is 8.02. The molecule has 1 aliphatic rings. The predicted molar refractivity (Wildman–Crippen MR) is 39.0 cm³/mol. The molecule has 3 nitrogen and oxygen atoms in total. The van der Waals surface area contributed by atoms with Crippen LogP contribution in [0.3, 0.4) is 0 Å². The Morgan fingerprint density at radius 1 is 2.00 bits per heavy atom. The lowest BCUT2D eigenvalue weighted by atomic mass is 10.2. The highest BCUT2D eigenvalue weighted by Crippen LogP contribution is 2.24. The molecule has 1 unspecified atom stereocenters. The molecule has 0 saturated carbocycles. The van der Waals surface area contributed by atoms with Crippen LogP contribution < -0.4 is 0 Å². The SMILES string of the molecule is COC1CSC=C1C(=O)O. The van der Waals surface area contributed by atoms with Crippen molar-refractivity contribution in [3.8, 4) is 0 Å². The van der Waals surface area contributed by atoms with Crippen molar-refractivity contribution in [1.82, 2.24) is 0 Å². The van der Waals surface area contributed by atoms with E-state index >= 15 is 0 Å². The van der Waals surface area contributed by atoms with E-state index in [1.165, 1.54) is 18.9 Å². The number of thioether (sulfide) groups is 1. The summed E-state index contributed by atoms with van der Waals surface area (Å²) in [5.41, 5.74) is 0.368. The first-order chi connectivity index (χ1) is 4.75. The van der Waals surface area contributed by atoms with Gasteiger partial charge in [0.2, 0.25) is 0 Å². The normalized spacial score (nSPS) is 24.5. The molecule has 1 heterocycles. The van der Waals surface area contributed by atoms with Gasteiger partial charge >= 0.3 is 5.97 Å². The number of carboxylic acid groups (broad SMARTS) is 1. The molecule has 0 radical (unpaired) electrons. The minimum atomic E-state index is -0.878. The molecule has 0 fully saturated rings. The van der Waals surface area contributed by atoms with Crippen LogP contribution in [-0.2, 0) is 9.53 Å². The third-order valence-corrected chi connectivity index (χ3v) is 2.25. The summed E-state index contributed by atoms with van der Waals surface area (Å²) in [6.45, 7) is 0. The van der Waals surface area contributed by atoms with E-state index in [0.717, 1.165) is 5.75 Å². The standard InChI is InChI=1S/C6H8O3S/c1-9-5-3-10-2-4(5)6(7)8/h2,5H,3H2,1H3,(H,7,8). The zero-order valence-electron chi connectivity index (χ0n) is 5.53. The number of methoxy groups -OCH3 is 1. The van der Waals surface area contributed by atoms with E-state index in [-0.39, 0.29) is 6.10 Å². The number of hydrogen-bond donors (Lipinski definition) is 1. The Morgan fingerprint density at radius 3 is 3.10 bits per heavy atom. The van der Waals surface area contributed by atoms with Crippen LogP contribution >= 0.6 is 11.8 Å². The molecule has 0 spiro atoms. The van der Waals surface area contributed by atoms with E-state index < -0.39 is 5.97 Å². The fraction of sp³-hybridized carbons (Fsp3) is 0.500. The van der Waals surface area contributed by atoms with Gasteiger partial charge < -0.3 is 9.84 Å². The quantitative estimate of drug-likeness (QED) is 0.646. The van der Waals surface area contributed by atoms with Gasteiger partial charge in [0.05, 0.1) is 11.7 Å². The number of carbonyl (C=O) groups is 1. The van der Waals surface area contributed by atoms with Crippen molar-refractivity contribution in [1.29, 1.82) is 0 Å². The largest absolute Gasteiger partial charge is 0.478 e. The van der Waals surface area contributed by atoms with Crippen LogP contribution in [0.4, 0.5) is 0 Å². The van der Waals surface area contributed by atoms with Gasteiger partial charge in [0, 0.05) is 12.9 Å². The molecule has 1 aliphatic heterocycles. The summed E-state index contributed by atoms with van der Waals surface area (Å²) < 4.78 is 4.92. The summed E-state index contributed by atoms with van der Waals surface area (Å²) in [7, 11) is 1.52. The van der Waals surface area contributed by atoms with Crippen LogP contribution in [0.25, 0.3) is 0 Å². The third-order valence-electron chi connectivity index (χ3n) is 1.34. The summed E-state index contributed by atoms with van der Waals surface area (Å²) >= 11 is 1.48. The van der Waals surface area contributed by atoms with Crippen molar-refractivity contribution in [2.45, 2.75) is 6.10 Å². The first kappa shape index (κ1) is 7.63. The van der Waals surface area contributed by atoms with Gasteiger partial charge in [0.1, 0.15) is 0 Å². The van der Waals surface area contributed by atoms with E-state index in [0.29, 0.717) is 5.57 Å². The third kappa shape index (κ3) is 1.33. The van der Waals surface area contributed by atoms with Gasteiger partial charge in [0.15, 0.2) is 0 Å². The lowest BCUT2D eigenvalue weighted by Crippen LogP contribution is -2.18. The molecule has 0 aromatic carbocycles. The summed E-state index contributed by atoms with van der Waals surface area (Å²) in [5, 5.41) is 10.2. The maximum absolute atomic E-state index is 10.4. The van der Waals surface area contributed by atoms with Crippen molar-refractivity contribution >= 4 is 17.7 Å². The van der Waals surface area contributed by atoms with Gasteiger partial charge in [-0.05, 0) is 5.41 Å². The summed E-state index contributed by atoms with van der Waals surface area (Å²) in [6.07, 6.45) is -0.220. The number of carboxylic acids is 1. The average Bonchev–Trinajstić information content (AvgIpc) is 2.33. The minimum absolute atomic E-state index is 0.220. The van der Waals surface area contributed by atoms with Crippen molar-refractivity contribution in [2.75, 3.05) is 12.9 Å². The maximum atomic E-state index is 10.4. The van der Waals surface area contributed by atoms with E-state index in [1.54, 1.807) is 5.41 Å². The Balaban J connectivity index is 2.65. The topological polar surface area (TPSA) is 46.5 Å². The van der Waals surface area contributed by atoms with Crippen molar-refractivity contribution in [3.63, 3.8) is 0 Å². The zero-order chi connectivity index (χ0) is 7.56. The molecule has 1 atom stereocenters. The fourth-order valence-electron chi connectivity index (χ4n) is 0.774. The van der Waals surface area contributed by atoms with Crippen molar-refractivity contribution in [2.24, 2.45) is 0 Å². The van der Waals surface area contributed by atoms with Crippen LogP contribution in [0.5, 0.6) is 0 Å². The Hall–Kier alpha value is -0.480. The molecule has 0 aromatic heterocycles. The molecule has 4 heteroatoms. The second kappa shape index (κ2) is 3.07. The summed E-state index contributed by atoms with van der Waals surface area (Å²) in [6, 6.07) is 0. The number of ether oxygens (including phenoxy) is 1. The minimum Gasteiger partial charge on any atom is -0.478 e. The molecule has 1 N–H and O–H groups in total. The van der Waals surface area contributed by atoms with Crippen LogP contribution in [-0.4, -0.2) is 30.0 Å². The molecule has 10 heavy (non-hydrogen) atoms. The average molecular weight is 160 g/mol. The first-order valence-electron chi connectivity index (χ1n) is 2.83. The van der Waals surface area contributed by atoms with E-state index in [4.69, 9.17) is 9.84 Å². The van der Waals surface area contributed by atoms with Gasteiger partial charge in [-0.1, -0.05) is 0 Å². The van der Waals surface area contributed by atoms with Crippen LogP contribution in [0.15, 0.2) is 11.0 Å². The molecule has 56 valence electrons. The van der Waals surface area contributed by atoms with E-state index in [2.05, 4.69) is 0 Å². The molecule has 0 bridgehead atoms. The van der Waals surface area contributed by atoms with Crippen LogP contribution in [0.2, 0.25) is 0 Å². The molecule has 0 aromatic rings. The smallest absolute Gasteiger partial charge is 0.334 e. The van der Waals surface area contributed by atoms with Crippen molar-refractivity contribution in [3.05, 3.63) is 11.0 Å². The second-order valence-electron chi connectivity index (χ2n) is 1.94. The van der Waals surface area contributed by atoms with Gasteiger partial charge in [-0.3, -0.25) is 0 Å². The number of aliphatic carboxylic acids is 1. The molecular weight excluding hydrogens is 152 g/mol. The zero-order valence-corrected chi connectivity index (χ0v) is 6.35. The molecular formula is C6H8O3S. The van der Waals surface area contributed by atoms with Crippen LogP contribution in [0.1, 0.15) is 0 Å². The highest BCUT2D eigenvalue weighted by atomic mass is 32.2. The van der Waals surface area contributed by atoms with Gasteiger partial charge in [-0.15, -0.1) is 11.8 Å². The van der Waals surface area contributed by atoms with Gasteiger partial charge in [0.25, 0.3) is 0 Å². The van der Waals surface area contributed by atoms with E-state index in [1.807, 2.05) is 0 Å². The number of rotatable bonds is 2. The second-order valence-corrected chi connectivity index (χ2v) is 2.84. The first-order valence-corrected chi connectivity index (χ1v) is 3.88. The molecule has 0 saturated heterocycles. The van der Waals surface area contributed by atoms with Crippen LogP contribution in [0, 0.1) is 0 Å². The Bertz CT molecular complexity index is 176. The van der Waals surface area contributed by atoms with Crippen molar-refractivity contribution < 1.29 is 14.6 Å². The lowest BCUT2D eigenvalue weighted by molar-refractivity contribution is -0.133. The maximum Gasteiger partial charge on any atom is 0.334 e. The predicted octanol–water partition coefficient (Wildman–Crippen LogP) is 0.717. The molecule has 1 rings (SSSR count). The fourth-order valence-corrected chi connectivity index (χ4v) is 1.79. The Labute approximate surface area is 63.1 Å². The lowest BCUT2D eigenvalue weighted by Gasteiger charge is -2.06.